The van der Waals surface area contributed by atoms with E-state index in [1.54, 1.807) is 6.20 Å². The van der Waals surface area contributed by atoms with E-state index in [4.69, 9.17) is 0 Å². The van der Waals surface area contributed by atoms with Crippen LogP contribution in [-0.2, 0) is 0 Å². The maximum Gasteiger partial charge on any atom is 0.234 e. The number of aromatic amines is 1. The highest BCUT2D eigenvalue weighted by molar-refractivity contribution is 5.79. The molecule has 0 aliphatic carbocycles. The van der Waals surface area contributed by atoms with Crippen molar-refractivity contribution in [2.24, 2.45) is 4.99 Å². The van der Waals surface area contributed by atoms with Crippen LogP contribution in [0.25, 0.3) is 0 Å². The minimum atomic E-state index is -0.580. The number of aromatic nitrogens is 2. The third-order valence-corrected chi connectivity index (χ3v) is 4.32. The number of hydrogen-bond acceptors (Lipinski definition) is 6. The Kier molecular flexibility index (Phi) is 4.53. The number of hydrogen-bond donors (Lipinski definition) is 5. The van der Waals surface area contributed by atoms with Gasteiger partial charge in [0.15, 0.2) is 5.82 Å². The number of aliphatic imine (C=N–C) groups is 1. The van der Waals surface area contributed by atoms with E-state index >= 15 is 0 Å². The van der Waals surface area contributed by atoms with Crippen molar-refractivity contribution in [3.05, 3.63) is 72.1 Å². The maximum atomic E-state index is 10.4. The second-order valence-corrected chi connectivity index (χ2v) is 6.33. The quantitative estimate of drug-likeness (QED) is 0.514. The molecule has 4 rings (SSSR count). The third kappa shape index (κ3) is 3.52. The van der Waals surface area contributed by atoms with E-state index in [2.05, 4.69) is 25.9 Å². The van der Waals surface area contributed by atoms with E-state index < -0.39 is 6.10 Å². The molecule has 0 amide bonds. The molecule has 1 unspecified atom stereocenters. The molecule has 0 saturated carbocycles. The predicted molar refractivity (Wildman–Crippen MR) is 98.7 cm³/mol. The van der Waals surface area contributed by atoms with E-state index in [-0.39, 0.29) is 0 Å². The molecule has 2 aliphatic rings. The summed E-state index contributed by atoms with van der Waals surface area (Å²) >= 11 is 0. The number of anilines is 1. The lowest BCUT2D eigenvalue weighted by molar-refractivity contribution is -0.700. The lowest BCUT2D eigenvalue weighted by Gasteiger charge is -2.29. The predicted octanol–water partition coefficient (Wildman–Crippen LogP) is 0.251. The first kappa shape index (κ1) is 16.5. The Morgan fingerprint density at radius 2 is 2.19 bits per heavy atom. The molecule has 0 spiro atoms. The van der Waals surface area contributed by atoms with Crippen LogP contribution < -0.4 is 15.6 Å². The number of quaternary nitrogens is 1. The fourth-order valence-corrected chi connectivity index (χ4v) is 2.99. The molecule has 0 fully saturated rings. The van der Waals surface area contributed by atoms with E-state index in [9.17, 15) is 5.11 Å². The molecule has 2 aromatic rings. The van der Waals surface area contributed by atoms with Crippen LogP contribution in [0.3, 0.4) is 0 Å². The first-order valence-corrected chi connectivity index (χ1v) is 8.54. The standard InChI is InChI=1S/C18H21N7O/c1-13-9-16(23-22-13)21-18-12-24(11-17-19-7-8-25(17)18)20-10-15(26)14-5-3-2-4-6-14/h2-9,12,15,20,26H,10-11H2,1H3,(H2,21,22,23)/p+1/t15-/m1/s1. The van der Waals surface area contributed by atoms with Gasteiger partial charge in [-0.25, -0.2) is 15.3 Å². The van der Waals surface area contributed by atoms with Crippen LogP contribution in [0, 0.1) is 6.92 Å². The molecular weight excluding hydrogens is 330 g/mol. The van der Waals surface area contributed by atoms with Gasteiger partial charge in [-0.2, -0.15) is 5.10 Å². The molecule has 8 nitrogen and oxygen atoms in total. The van der Waals surface area contributed by atoms with Crippen molar-refractivity contribution in [3.8, 4) is 0 Å². The lowest BCUT2D eigenvalue weighted by Crippen LogP contribution is -3.10. The zero-order valence-electron chi connectivity index (χ0n) is 14.5. The van der Waals surface area contributed by atoms with Gasteiger partial charge in [-0.3, -0.25) is 15.4 Å². The molecule has 134 valence electrons. The highest BCUT2D eigenvalue weighted by Crippen LogP contribution is 2.12. The van der Waals surface area contributed by atoms with Crippen LogP contribution in [0.4, 0.5) is 5.82 Å². The third-order valence-electron chi connectivity index (χ3n) is 4.32. The van der Waals surface area contributed by atoms with Gasteiger partial charge in [0.05, 0.1) is 18.5 Å². The lowest BCUT2D eigenvalue weighted by atomic mass is 10.1. The Morgan fingerprint density at radius 1 is 1.35 bits per heavy atom. The fraction of sp³-hybridized carbons (Fsp3) is 0.222. The van der Waals surface area contributed by atoms with Crippen LogP contribution in [0.1, 0.15) is 17.4 Å². The number of nitrogens with one attached hydrogen (secondary N) is 4. The van der Waals surface area contributed by atoms with Crippen molar-refractivity contribution in [1.29, 1.82) is 0 Å². The molecule has 1 aromatic carbocycles. The molecule has 1 aromatic heterocycles. The number of aliphatic hydroxyl groups is 1. The zero-order chi connectivity index (χ0) is 17.9. The van der Waals surface area contributed by atoms with Gasteiger partial charge in [0, 0.05) is 18.3 Å². The first-order chi connectivity index (χ1) is 12.7. The summed E-state index contributed by atoms with van der Waals surface area (Å²) in [7, 11) is 0. The van der Waals surface area contributed by atoms with Crippen molar-refractivity contribution >= 4 is 11.7 Å². The number of H-pyrrole nitrogens is 1. The normalized spacial score (nSPS) is 19.8. The van der Waals surface area contributed by atoms with Crippen molar-refractivity contribution in [1.82, 2.24) is 20.6 Å². The number of aryl methyl sites for hydroxylation is 1. The van der Waals surface area contributed by atoms with Crippen molar-refractivity contribution in [3.63, 3.8) is 0 Å². The minimum absolute atomic E-state index is 0.408. The summed E-state index contributed by atoms with van der Waals surface area (Å²) in [6.45, 7) is 3.00. The largest absolute Gasteiger partial charge is 0.387 e. The van der Waals surface area contributed by atoms with Gasteiger partial charge >= 0.3 is 0 Å². The molecule has 0 radical (unpaired) electrons. The summed E-state index contributed by atoms with van der Waals surface area (Å²) in [5.41, 5.74) is 5.15. The van der Waals surface area contributed by atoms with Crippen LogP contribution in [-0.4, -0.2) is 39.2 Å². The topological polar surface area (TPSA) is 93.0 Å². The second kappa shape index (κ2) is 7.12. The van der Waals surface area contributed by atoms with Crippen LogP contribution in [0.15, 0.2) is 65.8 Å². The molecule has 26 heavy (non-hydrogen) atoms. The zero-order valence-corrected chi connectivity index (χ0v) is 14.5. The average Bonchev–Trinajstić information content (AvgIpc) is 3.29. The summed E-state index contributed by atoms with van der Waals surface area (Å²) in [6, 6.07) is 11.6. The van der Waals surface area contributed by atoms with E-state index in [1.807, 2.05) is 60.7 Å². The van der Waals surface area contributed by atoms with E-state index in [0.29, 0.717) is 13.1 Å². The van der Waals surface area contributed by atoms with Gasteiger partial charge in [-0.1, -0.05) is 30.3 Å². The second-order valence-electron chi connectivity index (χ2n) is 6.33. The van der Waals surface area contributed by atoms with Gasteiger partial charge in [-0.15, -0.1) is 0 Å². The molecule has 2 atom stereocenters. The number of aliphatic hydroxyl groups excluding tert-OH is 1. The number of rotatable bonds is 6. The van der Waals surface area contributed by atoms with Gasteiger partial charge in [0.1, 0.15) is 12.7 Å². The molecule has 0 saturated heterocycles. The Hall–Kier alpha value is -2.94. The Bertz CT molecular complexity index is 855. The number of fused-ring (bicyclic) bond motifs is 1. The first-order valence-electron chi connectivity index (χ1n) is 8.54. The summed E-state index contributed by atoms with van der Waals surface area (Å²) in [5, 5.41) is 22.8. The molecule has 2 aliphatic heterocycles. The van der Waals surface area contributed by atoms with Crippen LogP contribution in [0.2, 0.25) is 0 Å². The highest BCUT2D eigenvalue weighted by atomic mass is 16.3. The van der Waals surface area contributed by atoms with Crippen molar-refractivity contribution in [2.75, 3.05) is 18.4 Å². The molecular formula is C18H22N7O+. The Labute approximate surface area is 151 Å². The Morgan fingerprint density at radius 3 is 2.96 bits per heavy atom. The van der Waals surface area contributed by atoms with Gasteiger partial charge in [-0.05, 0) is 12.5 Å². The number of amidine groups is 1. The van der Waals surface area contributed by atoms with Crippen LogP contribution in [0.5, 0.6) is 0 Å². The number of hydrazine groups is 1. The van der Waals surface area contributed by atoms with E-state index in [1.165, 1.54) is 0 Å². The average molecular weight is 352 g/mol. The van der Waals surface area contributed by atoms with E-state index in [0.717, 1.165) is 33.6 Å². The number of nitrogens with zero attached hydrogens (tertiary/aromatic N) is 3. The summed E-state index contributed by atoms with van der Waals surface area (Å²) < 4.78 is 0. The molecule has 8 heteroatoms. The SMILES string of the molecule is Cc1cc(NC2=CN(NC[C@@H](O)c3ccccc3)CC3=NC=C[NH+]23)n[nH]1. The monoisotopic (exact) mass is 352 g/mol. The van der Waals surface area contributed by atoms with Gasteiger partial charge in [0.2, 0.25) is 11.7 Å². The number of benzene rings is 1. The van der Waals surface area contributed by atoms with Crippen molar-refractivity contribution in [2.45, 2.75) is 13.0 Å². The molecule has 0 bridgehead atoms. The summed E-state index contributed by atoms with van der Waals surface area (Å²) in [4.78, 5) is 5.50. The van der Waals surface area contributed by atoms with Crippen LogP contribution >= 0.6 is 0 Å². The van der Waals surface area contributed by atoms with Gasteiger partial charge in [0.25, 0.3) is 0 Å². The smallest absolute Gasteiger partial charge is 0.234 e. The highest BCUT2D eigenvalue weighted by Gasteiger charge is 2.31. The Balaban J connectivity index is 1.45. The summed E-state index contributed by atoms with van der Waals surface area (Å²) in [6.07, 6.45) is 5.19. The summed E-state index contributed by atoms with van der Waals surface area (Å²) in [5.74, 6) is 2.65. The van der Waals surface area contributed by atoms with Gasteiger partial charge < -0.3 is 5.11 Å². The van der Waals surface area contributed by atoms with Crippen molar-refractivity contribution < 1.29 is 10.0 Å². The molecule has 5 N–H and O–H groups in total. The molecule has 3 heterocycles. The maximum absolute atomic E-state index is 10.4. The fourth-order valence-electron chi connectivity index (χ4n) is 2.99. The minimum Gasteiger partial charge on any atom is -0.387 e.